The molecule has 0 unspecified atom stereocenters. The number of rotatable bonds is 5. The fourth-order valence-corrected chi connectivity index (χ4v) is 2.58. The fraction of sp³-hybridized carbons (Fsp3) is 0.714. The van der Waals surface area contributed by atoms with Crippen LogP contribution in [0.1, 0.15) is 31.4 Å². The van der Waals surface area contributed by atoms with Crippen molar-refractivity contribution in [3.63, 3.8) is 0 Å². The van der Waals surface area contributed by atoms with E-state index >= 15 is 0 Å². The lowest BCUT2D eigenvalue weighted by Gasteiger charge is -2.27. The van der Waals surface area contributed by atoms with E-state index in [9.17, 15) is 0 Å². The minimum Gasteiger partial charge on any atom is -0.357 e. The summed E-state index contributed by atoms with van der Waals surface area (Å²) in [7, 11) is 4.33. The van der Waals surface area contributed by atoms with Crippen LogP contribution in [0, 0.1) is 6.92 Å². The molecule has 0 aliphatic heterocycles. The van der Waals surface area contributed by atoms with Crippen LogP contribution in [0.5, 0.6) is 0 Å². The van der Waals surface area contributed by atoms with Crippen LogP contribution >= 0.6 is 0 Å². The van der Waals surface area contributed by atoms with E-state index in [2.05, 4.69) is 33.9 Å². The van der Waals surface area contributed by atoms with Crippen molar-refractivity contribution in [2.75, 3.05) is 32.1 Å². The zero-order chi connectivity index (χ0) is 13.0. The Kier molecular flexibility index (Phi) is 4.53. The average Bonchev–Trinajstić information content (AvgIpc) is 2.89. The van der Waals surface area contributed by atoms with E-state index in [0.717, 1.165) is 30.6 Å². The van der Waals surface area contributed by atoms with Crippen LogP contribution in [0.15, 0.2) is 12.4 Å². The molecule has 100 valence electrons. The lowest BCUT2D eigenvalue weighted by molar-refractivity contribution is 0.251. The molecule has 1 saturated carbocycles. The van der Waals surface area contributed by atoms with Crippen molar-refractivity contribution >= 4 is 5.82 Å². The molecule has 1 aromatic heterocycles. The largest absolute Gasteiger partial charge is 0.357 e. The van der Waals surface area contributed by atoms with Gasteiger partial charge in [0.25, 0.3) is 0 Å². The molecule has 4 nitrogen and oxygen atoms in total. The highest BCUT2D eigenvalue weighted by Gasteiger charge is 2.19. The van der Waals surface area contributed by atoms with Gasteiger partial charge in [-0.25, -0.2) is 4.98 Å². The molecule has 0 spiro atoms. The molecule has 2 rings (SSSR count). The first kappa shape index (κ1) is 13.3. The Bertz CT molecular complexity index is 374. The molecule has 0 atom stereocenters. The minimum absolute atomic E-state index is 0.794. The first-order valence-corrected chi connectivity index (χ1v) is 6.87. The van der Waals surface area contributed by atoms with Crippen molar-refractivity contribution in [1.29, 1.82) is 0 Å². The Hall–Kier alpha value is -1.16. The first-order valence-electron chi connectivity index (χ1n) is 6.87. The van der Waals surface area contributed by atoms with E-state index in [1.807, 2.05) is 13.1 Å². The molecule has 1 aromatic rings. The second-order valence-electron chi connectivity index (χ2n) is 5.36. The van der Waals surface area contributed by atoms with E-state index in [1.54, 1.807) is 6.20 Å². The van der Waals surface area contributed by atoms with Crippen molar-refractivity contribution in [3.05, 3.63) is 18.1 Å². The fourth-order valence-electron chi connectivity index (χ4n) is 2.58. The topological polar surface area (TPSA) is 32.3 Å². The van der Waals surface area contributed by atoms with Crippen molar-refractivity contribution in [1.82, 2.24) is 14.9 Å². The molecule has 4 heteroatoms. The van der Waals surface area contributed by atoms with Crippen LogP contribution in [-0.4, -0.2) is 48.1 Å². The number of anilines is 1. The molecule has 1 heterocycles. The highest BCUT2D eigenvalue weighted by Crippen LogP contribution is 2.22. The quantitative estimate of drug-likeness (QED) is 0.799. The van der Waals surface area contributed by atoms with Gasteiger partial charge >= 0.3 is 0 Å². The summed E-state index contributed by atoms with van der Waals surface area (Å²) in [5.74, 6) is 0.967. The monoisotopic (exact) mass is 248 g/mol. The molecular weight excluding hydrogens is 224 g/mol. The molecule has 1 aliphatic carbocycles. The number of aryl methyl sites for hydroxylation is 1. The number of likely N-dealkylation sites (N-methyl/N-ethyl adjacent to an activating group) is 2. The van der Waals surface area contributed by atoms with Crippen molar-refractivity contribution < 1.29 is 0 Å². The third-order valence-electron chi connectivity index (χ3n) is 3.87. The van der Waals surface area contributed by atoms with Crippen LogP contribution in [0.25, 0.3) is 0 Å². The lowest BCUT2D eigenvalue weighted by Crippen LogP contribution is -2.36. The maximum atomic E-state index is 4.49. The smallest absolute Gasteiger partial charge is 0.147 e. The Morgan fingerprint density at radius 1 is 1.17 bits per heavy atom. The van der Waals surface area contributed by atoms with Gasteiger partial charge in [-0.15, -0.1) is 0 Å². The van der Waals surface area contributed by atoms with E-state index < -0.39 is 0 Å². The van der Waals surface area contributed by atoms with Gasteiger partial charge in [-0.05, 0) is 26.8 Å². The third-order valence-corrected chi connectivity index (χ3v) is 3.87. The lowest BCUT2D eigenvalue weighted by atomic mass is 10.2. The van der Waals surface area contributed by atoms with Crippen LogP contribution in [0.3, 0.4) is 0 Å². The maximum Gasteiger partial charge on any atom is 0.147 e. The molecule has 18 heavy (non-hydrogen) atoms. The Balaban J connectivity index is 1.82. The highest BCUT2D eigenvalue weighted by molar-refractivity contribution is 5.34. The second kappa shape index (κ2) is 6.14. The number of hydrogen-bond acceptors (Lipinski definition) is 4. The van der Waals surface area contributed by atoms with Gasteiger partial charge in [0.05, 0.1) is 11.9 Å². The average molecular weight is 248 g/mol. The summed E-state index contributed by atoms with van der Waals surface area (Å²) in [5.41, 5.74) is 0.975. The maximum absolute atomic E-state index is 4.49. The summed E-state index contributed by atoms with van der Waals surface area (Å²) < 4.78 is 0. The van der Waals surface area contributed by atoms with E-state index in [1.165, 1.54) is 25.7 Å². The zero-order valence-electron chi connectivity index (χ0n) is 11.8. The van der Waals surface area contributed by atoms with Crippen LogP contribution in [0.2, 0.25) is 0 Å². The molecule has 1 fully saturated rings. The van der Waals surface area contributed by atoms with E-state index in [0.29, 0.717) is 0 Å². The molecule has 0 bridgehead atoms. The molecule has 0 aromatic carbocycles. The van der Waals surface area contributed by atoms with Crippen LogP contribution < -0.4 is 4.90 Å². The molecular formula is C14H24N4. The van der Waals surface area contributed by atoms with Crippen molar-refractivity contribution in [2.45, 2.75) is 38.6 Å². The molecule has 0 amide bonds. The normalized spacial score (nSPS) is 16.4. The molecule has 0 N–H and O–H groups in total. The van der Waals surface area contributed by atoms with E-state index in [-0.39, 0.29) is 0 Å². The van der Waals surface area contributed by atoms with Crippen LogP contribution in [0.4, 0.5) is 5.82 Å². The summed E-state index contributed by atoms with van der Waals surface area (Å²) in [6, 6.07) is 0.794. The summed E-state index contributed by atoms with van der Waals surface area (Å²) in [6.07, 6.45) is 9.15. The van der Waals surface area contributed by atoms with Crippen molar-refractivity contribution in [3.8, 4) is 0 Å². The Labute approximate surface area is 110 Å². The van der Waals surface area contributed by atoms with Gasteiger partial charge in [0.2, 0.25) is 0 Å². The van der Waals surface area contributed by atoms with Gasteiger partial charge in [0, 0.05) is 32.4 Å². The predicted molar refractivity (Wildman–Crippen MR) is 74.9 cm³/mol. The highest BCUT2D eigenvalue weighted by atomic mass is 15.2. The van der Waals surface area contributed by atoms with Gasteiger partial charge in [-0.3, -0.25) is 4.98 Å². The first-order chi connectivity index (χ1) is 8.66. The molecule has 1 aliphatic rings. The van der Waals surface area contributed by atoms with Gasteiger partial charge < -0.3 is 9.80 Å². The molecule has 0 radical (unpaired) electrons. The summed E-state index contributed by atoms with van der Waals surface area (Å²) in [5, 5.41) is 0. The molecule has 0 saturated heterocycles. The zero-order valence-corrected chi connectivity index (χ0v) is 11.8. The number of hydrogen-bond donors (Lipinski definition) is 0. The Morgan fingerprint density at radius 2 is 1.89 bits per heavy atom. The summed E-state index contributed by atoms with van der Waals surface area (Å²) in [4.78, 5) is 13.4. The van der Waals surface area contributed by atoms with Gasteiger partial charge in [-0.1, -0.05) is 12.8 Å². The van der Waals surface area contributed by atoms with Gasteiger partial charge in [-0.2, -0.15) is 0 Å². The summed E-state index contributed by atoms with van der Waals surface area (Å²) in [6.45, 7) is 4.08. The summed E-state index contributed by atoms with van der Waals surface area (Å²) >= 11 is 0. The Morgan fingerprint density at radius 3 is 2.56 bits per heavy atom. The predicted octanol–water partition coefficient (Wildman–Crippen LogP) is 2.10. The third kappa shape index (κ3) is 3.42. The van der Waals surface area contributed by atoms with E-state index in [4.69, 9.17) is 0 Å². The second-order valence-corrected chi connectivity index (χ2v) is 5.36. The minimum atomic E-state index is 0.794. The van der Waals surface area contributed by atoms with Crippen LogP contribution in [-0.2, 0) is 0 Å². The van der Waals surface area contributed by atoms with Gasteiger partial charge in [0.1, 0.15) is 5.82 Å². The van der Waals surface area contributed by atoms with Gasteiger partial charge in [0.15, 0.2) is 0 Å². The number of nitrogens with zero attached hydrogens (tertiary/aromatic N) is 4. The SMILES string of the molecule is Cc1cncc(N(C)CCN(C)C2CCCC2)n1. The number of aromatic nitrogens is 2. The van der Waals surface area contributed by atoms with Crippen molar-refractivity contribution in [2.24, 2.45) is 0 Å². The standard InChI is InChI=1S/C14H24N4/c1-12-10-15-11-14(16-12)18(3)9-8-17(2)13-6-4-5-7-13/h10-11,13H,4-9H2,1-3H3.